The van der Waals surface area contributed by atoms with Gasteiger partial charge in [-0.05, 0) is 31.5 Å². The molecule has 0 aliphatic heterocycles. The molecule has 0 spiro atoms. The van der Waals surface area contributed by atoms with Gasteiger partial charge in [-0.1, -0.05) is 22.0 Å². The highest BCUT2D eigenvalue weighted by molar-refractivity contribution is 9.08. The number of alkyl halides is 4. The summed E-state index contributed by atoms with van der Waals surface area (Å²) in [7, 11) is 1.49. The van der Waals surface area contributed by atoms with Gasteiger partial charge in [-0.2, -0.15) is 13.2 Å². The van der Waals surface area contributed by atoms with E-state index in [0.29, 0.717) is 16.6 Å². The minimum atomic E-state index is -4.47. The van der Waals surface area contributed by atoms with E-state index in [4.69, 9.17) is 4.74 Å². The summed E-state index contributed by atoms with van der Waals surface area (Å²) in [5, 5.41) is 0.635. The molecule has 0 saturated heterocycles. The third-order valence-corrected chi connectivity index (χ3v) is 3.89. The highest BCUT2D eigenvalue weighted by Crippen LogP contribution is 2.36. The van der Waals surface area contributed by atoms with Gasteiger partial charge in [0.25, 0.3) is 0 Å². The number of aromatic nitrogens is 2. The number of rotatable bonds is 4. The average Bonchev–Trinajstić information content (AvgIpc) is 2.91. The fourth-order valence-electron chi connectivity index (χ4n) is 2.13. The van der Waals surface area contributed by atoms with Gasteiger partial charge in [-0.3, -0.25) is 0 Å². The van der Waals surface area contributed by atoms with Gasteiger partial charge < -0.3 is 9.30 Å². The molecule has 0 saturated carbocycles. The number of hydrogen-bond acceptors (Lipinski definition) is 2. The quantitative estimate of drug-likeness (QED) is 0.697. The van der Waals surface area contributed by atoms with E-state index in [-0.39, 0.29) is 11.9 Å². The molecule has 1 aromatic heterocycles. The molecule has 0 atom stereocenters. The second kappa shape index (κ2) is 6.32. The van der Waals surface area contributed by atoms with Gasteiger partial charge in [-0.15, -0.1) is 0 Å². The molecule has 0 aliphatic rings. The van der Waals surface area contributed by atoms with E-state index in [2.05, 4.69) is 20.9 Å². The van der Waals surface area contributed by atoms with Crippen LogP contribution in [-0.4, -0.2) is 16.7 Å². The molecule has 0 N–H and O–H groups in total. The zero-order valence-electron chi connectivity index (χ0n) is 12.4. The van der Waals surface area contributed by atoms with Crippen molar-refractivity contribution in [1.82, 2.24) is 9.55 Å². The molecule has 1 aromatic carbocycles. The molecule has 0 aliphatic carbocycles. The molecule has 3 nitrogen and oxygen atoms in total. The minimum absolute atomic E-state index is 0.154. The van der Waals surface area contributed by atoms with E-state index >= 15 is 0 Å². The number of methoxy groups -OCH3 is 1. The van der Waals surface area contributed by atoms with Crippen LogP contribution in [-0.2, 0) is 11.5 Å². The van der Waals surface area contributed by atoms with E-state index in [1.165, 1.54) is 11.7 Å². The number of imidazole rings is 1. The Kier molecular flexibility index (Phi) is 4.84. The van der Waals surface area contributed by atoms with E-state index in [1.54, 1.807) is 12.1 Å². The van der Waals surface area contributed by atoms with Crippen molar-refractivity contribution in [3.8, 4) is 17.1 Å². The largest absolute Gasteiger partial charge is 0.496 e. The van der Waals surface area contributed by atoms with Crippen LogP contribution >= 0.6 is 15.9 Å². The minimum Gasteiger partial charge on any atom is -0.496 e. The number of benzene rings is 1. The van der Waals surface area contributed by atoms with Crippen LogP contribution in [0, 0.1) is 0 Å². The first-order valence-electron chi connectivity index (χ1n) is 6.67. The van der Waals surface area contributed by atoms with Crippen molar-refractivity contribution in [3.63, 3.8) is 0 Å². The number of halogens is 4. The van der Waals surface area contributed by atoms with E-state index in [0.717, 1.165) is 11.8 Å². The summed E-state index contributed by atoms with van der Waals surface area (Å²) in [6.07, 6.45) is -3.43. The Morgan fingerprint density at radius 2 is 2.00 bits per heavy atom. The first-order chi connectivity index (χ1) is 10.3. The van der Waals surface area contributed by atoms with E-state index in [1.807, 2.05) is 19.9 Å². The Balaban J connectivity index is 2.63. The van der Waals surface area contributed by atoms with E-state index in [9.17, 15) is 13.2 Å². The zero-order chi connectivity index (χ0) is 16.5. The summed E-state index contributed by atoms with van der Waals surface area (Å²) in [5.41, 5.74) is 0.610. The smallest absolute Gasteiger partial charge is 0.434 e. The monoisotopic (exact) mass is 376 g/mol. The van der Waals surface area contributed by atoms with Gasteiger partial charge in [0.05, 0.1) is 12.7 Å². The third kappa shape index (κ3) is 3.29. The standard InChI is InChI=1S/C15H16BrF3N2O/c1-9(2)21-8-13(15(17,18)19)20-14(21)11-5-4-10(7-16)6-12(11)22-3/h4-6,8-9H,7H2,1-3H3. The van der Waals surface area contributed by atoms with Crippen molar-refractivity contribution in [2.75, 3.05) is 7.11 Å². The fraction of sp³-hybridized carbons (Fsp3) is 0.400. The van der Waals surface area contributed by atoms with Crippen molar-refractivity contribution >= 4 is 15.9 Å². The van der Waals surface area contributed by atoms with Gasteiger partial charge in [0.2, 0.25) is 0 Å². The molecular weight excluding hydrogens is 361 g/mol. The van der Waals surface area contributed by atoms with Gasteiger partial charge in [-0.25, -0.2) is 4.98 Å². The van der Waals surface area contributed by atoms with Crippen molar-refractivity contribution in [1.29, 1.82) is 0 Å². The van der Waals surface area contributed by atoms with Crippen LogP contribution in [0.3, 0.4) is 0 Å². The lowest BCUT2D eigenvalue weighted by Gasteiger charge is -2.14. The summed E-state index contributed by atoms with van der Waals surface area (Å²) >= 11 is 3.34. The first kappa shape index (κ1) is 16.9. The Labute approximate surface area is 135 Å². The summed E-state index contributed by atoms with van der Waals surface area (Å²) in [5.74, 6) is 0.749. The number of ether oxygens (including phenoxy) is 1. The summed E-state index contributed by atoms with van der Waals surface area (Å²) in [6.45, 7) is 3.62. The van der Waals surface area contributed by atoms with Crippen molar-refractivity contribution in [2.45, 2.75) is 31.4 Å². The SMILES string of the molecule is COc1cc(CBr)ccc1-c1nc(C(F)(F)F)cn1C(C)C. The zero-order valence-corrected chi connectivity index (χ0v) is 14.0. The molecule has 0 radical (unpaired) electrons. The fourth-order valence-corrected chi connectivity index (χ4v) is 2.48. The van der Waals surface area contributed by atoms with Crippen LogP contribution in [0.15, 0.2) is 24.4 Å². The summed E-state index contributed by atoms with van der Waals surface area (Å²) in [6, 6.07) is 5.20. The molecular formula is C15H16BrF3N2O. The molecule has 0 bridgehead atoms. The van der Waals surface area contributed by atoms with Crippen molar-refractivity contribution < 1.29 is 17.9 Å². The lowest BCUT2D eigenvalue weighted by atomic mass is 10.1. The Morgan fingerprint density at radius 1 is 1.32 bits per heavy atom. The predicted molar refractivity (Wildman–Crippen MR) is 82.2 cm³/mol. The topological polar surface area (TPSA) is 27.1 Å². The highest BCUT2D eigenvalue weighted by atomic mass is 79.9. The normalized spacial score (nSPS) is 12.0. The van der Waals surface area contributed by atoms with Gasteiger partial charge in [0, 0.05) is 17.6 Å². The molecule has 1 heterocycles. The Hall–Kier alpha value is -1.50. The molecule has 0 amide bonds. The van der Waals surface area contributed by atoms with Gasteiger partial charge in [0.1, 0.15) is 11.6 Å². The highest BCUT2D eigenvalue weighted by Gasteiger charge is 2.35. The second-order valence-corrected chi connectivity index (χ2v) is 5.68. The number of hydrogen-bond donors (Lipinski definition) is 0. The maximum Gasteiger partial charge on any atom is 0.434 e. The summed E-state index contributed by atoms with van der Waals surface area (Å²) < 4.78 is 45.7. The molecule has 120 valence electrons. The van der Waals surface area contributed by atoms with Crippen LogP contribution in [0.2, 0.25) is 0 Å². The maximum absolute atomic E-state index is 12.9. The van der Waals surface area contributed by atoms with Gasteiger partial charge >= 0.3 is 6.18 Å². The van der Waals surface area contributed by atoms with Crippen LogP contribution in [0.1, 0.15) is 31.1 Å². The molecule has 22 heavy (non-hydrogen) atoms. The predicted octanol–water partition coefficient (Wildman–Crippen LogP) is 5.05. The molecule has 0 unspecified atom stereocenters. The average molecular weight is 377 g/mol. The Morgan fingerprint density at radius 3 is 2.50 bits per heavy atom. The van der Waals surface area contributed by atoms with Crippen LogP contribution in [0.25, 0.3) is 11.4 Å². The first-order valence-corrected chi connectivity index (χ1v) is 7.79. The maximum atomic E-state index is 12.9. The van der Waals surface area contributed by atoms with Crippen LogP contribution in [0.5, 0.6) is 5.75 Å². The molecule has 2 aromatic rings. The molecule has 0 fully saturated rings. The lowest BCUT2D eigenvalue weighted by molar-refractivity contribution is -0.140. The molecule has 7 heteroatoms. The van der Waals surface area contributed by atoms with E-state index < -0.39 is 11.9 Å². The van der Waals surface area contributed by atoms with Crippen molar-refractivity contribution in [3.05, 3.63) is 35.7 Å². The summed E-state index contributed by atoms with van der Waals surface area (Å²) in [4.78, 5) is 3.78. The lowest BCUT2D eigenvalue weighted by Crippen LogP contribution is -2.05. The second-order valence-electron chi connectivity index (χ2n) is 5.12. The van der Waals surface area contributed by atoms with Gasteiger partial charge in [0.15, 0.2) is 5.69 Å². The van der Waals surface area contributed by atoms with Crippen molar-refractivity contribution in [2.24, 2.45) is 0 Å². The molecule has 2 rings (SSSR count). The third-order valence-electron chi connectivity index (χ3n) is 3.24. The van der Waals surface area contributed by atoms with Crippen LogP contribution < -0.4 is 4.74 Å². The Bertz CT molecular complexity index is 665. The van der Waals surface area contributed by atoms with Crippen LogP contribution in [0.4, 0.5) is 13.2 Å². The number of nitrogens with zero attached hydrogens (tertiary/aromatic N) is 2.